The number of hydrogen-bond acceptors (Lipinski definition) is 2. The van der Waals surface area contributed by atoms with Crippen molar-refractivity contribution >= 4 is 0 Å². The van der Waals surface area contributed by atoms with E-state index in [9.17, 15) is 5.11 Å². The minimum Gasteiger partial charge on any atom is -0.508 e. The van der Waals surface area contributed by atoms with Crippen molar-refractivity contribution in [2.45, 2.75) is 12.3 Å². The zero-order valence-electron chi connectivity index (χ0n) is 16.3. The van der Waals surface area contributed by atoms with Crippen LogP contribution in [0, 0.1) is 12.7 Å². The zero-order chi connectivity index (χ0) is 20.4. The molecule has 0 unspecified atom stereocenters. The number of methoxy groups -OCH3 is 1. The van der Waals surface area contributed by atoms with Crippen molar-refractivity contribution in [2.24, 2.45) is 0 Å². The average molecular weight is 387 g/mol. The number of halogens is 1. The summed E-state index contributed by atoms with van der Waals surface area (Å²) in [7, 11) is 1.52. The number of H-pyrrole nitrogens is 1. The maximum absolute atomic E-state index is 15.5. The summed E-state index contributed by atoms with van der Waals surface area (Å²) in [5.74, 6) is 0.253. The maximum Gasteiger partial charge on any atom is 0.131 e. The van der Waals surface area contributed by atoms with E-state index in [2.05, 4.69) is 4.98 Å². The lowest BCUT2D eigenvalue weighted by Crippen LogP contribution is -2.32. The summed E-state index contributed by atoms with van der Waals surface area (Å²) >= 11 is 0. The van der Waals surface area contributed by atoms with E-state index >= 15 is 4.39 Å². The second kappa shape index (κ2) is 7.47. The van der Waals surface area contributed by atoms with Crippen molar-refractivity contribution in [2.75, 3.05) is 7.11 Å². The van der Waals surface area contributed by atoms with Crippen LogP contribution in [-0.4, -0.2) is 17.2 Å². The number of phenols is 1. The molecule has 4 rings (SSSR count). The Balaban J connectivity index is 2.13. The summed E-state index contributed by atoms with van der Waals surface area (Å²) in [4.78, 5) is 3.42. The van der Waals surface area contributed by atoms with E-state index in [0.717, 1.165) is 22.5 Å². The molecule has 1 aromatic heterocycles. The van der Waals surface area contributed by atoms with Gasteiger partial charge in [0.2, 0.25) is 0 Å². The third kappa shape index (κ3) is 3.17. The van der Waals surface area contributed by atoms with Gasteiger partial charge in [0.15, 0.2) is 0 Å². The number of rotatable bonds is 5. The molecule has 1 heterocycles. The average Bonchev–Trinajstić information content (AvgIpc) is 3.18. The molecule has 0 saturated heterocycles. The molecule has 0 radical (unpaired) electrons. The first-order valence-corrected chi connectivity index (χ1v) is 9.41. The predicted octanol–water partition coefficient (Wildman–Crippen LogP) is 5.56. The lowest BCUT2D eigenvalue weighted by atomic mass is 9.67. The highest BCUT2D eigenvalue weighted by Crippen LogP contribution is 2.46. The minimum atomic E-state index is -0.931. The number of aryl methyl sites for hydroxylation is 1. The Morgan fingerprint density at radius 3 is 2.14 bits per heavy atom. The topological polar surface area (TPSA) is 45.2 Å². The van der Waals surface area contributed by atoms with Crippen LogP contribution in [0.25, 0.3) is 0 Å². The first-order valence-electron chi connectivity index (χ1n) is 9.41. The monoisotopic (exact) mass is 387 g/mol. The molecule has 0 amide bonds. The molecule has 3 aromatic carbocycles. The molecule has 0 bridgehead atoms. The number of aromatic nitrogens is 1. The molecule has 2 N–H and O–H groups in total. The molecule has 4 aromatic rings. The van der Waals surface area contributed by atoms with Crippen LogP contribution in [0.2, 0.25) is 0 Å². The van der Waals surface area contributed by atoms with Gasteiger partial charge in [-0.05, 0) is 48.4 Å². The summed E-state index contributed by atoms with van der Waals surface area (Å²) in [6.45, 7) is 1.97. The van der Waals surface area contributed by atoms with Crippen molar-refractivity contribution < 1.29 is 14.2 Å². The van der Waals surface area contributed by atoms with E-state index in [1.807, 2.05) is 61.5 Å². The number of nitrogens with one attached hydrogen (secondary N) is 1. The third-order valence-corrected chi connectivity index (χ3v) is 5.32. The quantitative estimate of drug-likeness (QED) is 0.441. The van der Waals surface area contributed by atoms with Gasteiger partial charge in [0, 0.05) is 23.0 Å². The van der Waals surface area contributed by atoms with Crippen molar-refractivity contribution in [3.8, 4) is 11.5 Å². The normalized spacial score (nSPS) is 13.1. The van der Waals surface area contributed by atoms with Gasteiger partial charge >= 0.3 is 0 Å². The van der Waals surface area contributed by atoms with Crippen LogP contribution in [0.3, 0.4) is 0 Å². The van der Waals surface area contributed by atoms with Crippen LogP contribution < -0.4 is 4.74 Å². The Bertz CT molecular complexity index is 1120. The van der Waals surface area contributed by atoms with Gasteiger partial charge in [-0.1, -0.05) is 48.5 Å². The number of hydrogen-bond donors (Lipinski definition) is 2. The molecule has 4 heteroatoms. The molecule has 0 aliphatic heterocycles. The van der Waals surface area contributed by atoms with Gasteiger partial charge in [0.1, 0.15) is 17.3 Å². The Kier molecular flexibility index (Phi) is 4.85. The smallest absolute Gasteiger partial charge is 0.131 e. The summed E-state index contributed by atoms with van der Waals surface area (Å²) in [5.41, 5.74) is 3.14. The van der Waals surface area contributed by atoms with Gasteiger partial charge in [-0.25, -0.2) is 4.39 Å². The van der Waals surface area contributed by atoms with Crippen LogP contribution in [0.15, 0.2) is 84.9 Å². The highest BCUT2D eigenvalue weighted by molar-refractivity contribution is 5.59. The van der Waals surface area contributed by atoms with Gasteiger partial charge in [-0.3, -0.25) is 0 Å². The van der Waals surface area contributed by atoms with Gasteiger partial charge in [0.25, 0.3) is 0 Å². The lowest BCUT2D eigenvalue weighted by Gasteiger charge is -2.35. The first kappa shape index (κ1) is 18.8. The van der Waals surface area contributed by atoms with E-state index in [0.29, 0.717) is 11.3 Å². The van der Waals surface area contributed by atoms with Crippen molar-refractivity contribution in [1.82, 2.24) is 4.98 Å². The standard InChI is InChI=1S/C25H22FNO2/c1-17-8-15-24(27-17)25(18-6-4-3-5-7-18,19-9-11-20(28)12-10-19)22-14-13-21(29-2)16-23(22)26/h3-16,27-28H,1-2H3/t25-/m1/s1. The molecule has 0 aliphatic rings. The SMILES string of the molecule is COc1ccc([C@@](c2ccccc2)(c2ccc(O)cc2)c2ccc(C)[nH]2)c(F)c1. The molecular formula is C25H22FNO2. The second-order valence-electron chi connectivity index (χ2n) is 7.06. The Morgan fingerprint density at radius 2 is 1.55 bits per heavy atom. The van der Waals surface area contributed by atoms with Crippen LogP contribution in [0.4, 0.5) is 4.39 Å². The molecular weight excluding hydrogens is 365 g/mol. The molecule has 0 saturated carbocycles. The molecule has 146 valence electrons. The summed E-state index contributed by atoms with van der Waals surface area (Å²) in [6.07, 6.45) is 0. The van der Waals surface area contributed by atoms with E-state index in [1.165, 1.54) is 13.2 Å². The fourth-order valence-electron chi connectivity index (χ4n) is 3.98. The van der Waals surface area contributed by atoms with Crippen molar-refractivity contribution in [3.63, 3.8) is 0 Å². The Morgan fingerprint density at radius 1 is 0.862 bits per heavy atom. The lowest BCUT2D eigenvalue weighted by molar-refractivity contribution is 0.410. The fraction of sp³-hybridized carbons (Fsp3) is 0.120. The first-order chi connectivity index (χ1) is 14.1. The van der Waals surface area contributed by atoms with Crippen molar-refractivity contribution in [1.29, 1.82) is 0 Å². The number of ether oxygens (including phenoxy) is 1. The van der Waals surface area contributed by atoms with Crippen molar-refractivity contribution in [3.05, 3.63) is 119 Å². The minimum absolute atomic E-state index is 0.161. The summed E-state index contributed by atoms with van der Waals surface area (Å²) in [5, 5.41) is 9.86. The number of benzene rings is 3. The summed E-state index contributed by atoms with van der Waals surface area (Å²) in [6, 6.07) is 25.7. The van der Waals surface area contributed by atoms with E-state index in [4.69, 9.17) is 4.74 Å². The van der Waals surface area contributed by atoms with Gasteiger partial charge in [-0.15, -0.1) is 0 Å². The largest absolute Gasteiger partial charge is 0.508 e. The van der Waals surface area contributed by atoms with Gasteiger partial charge in [0.05, 0.1) is 12.5 Å². The van der Waals surface area contributed by atoms with Crippen LogP contribution in [-0.2, 0) is 5.41 Å². The number of aromatic hydroxyl groups is 1. The van der Waals surface area contributed by atoms with E-state index in [-0.39, 0.29) is 11.6 Å². The van der Waals surface area contributed by atoms with Crippen LogP contribution in [0.1, 0.15) is 28.1 Å². The van der Waals surface area contributed by atoms with Gasteiger partial charge in [-0.2, -0.15) is 0 Å². The van der Waals surface area contributed by atoms with Crippen LogP contribution >= 0.6 is 0 Å². The third-order valence-electron chi connectivity index (χ3n) is 5.32. The molecule has 1 atom stereocenters. The molecule has 0 fully saturated rings. The summed E-state index contributed by atoms with van der Waals surface area (Å²) < 4.78 is 20.8. The fourth-order valence-corrected chi connectivity index (χ4v) is 3.98. The van der Waals surface area contributed by atoms with E-state index < -0.39 is 5.41 Å². The zero-order valence-corrected chi connectivity index (χ0v) is 16.3. The predicted molar refractivity (Wildman–Crippen MR) is 112 cm³/mol. The molecule has 0 aliphatic carbocycles. The molecule has 29 heavy (non-hydrogen) atoms. The Hall–Kier alpha value is -3.53. The molecule has 0 spiro atoms. The Labute approximate surface area is 169 Å². The van der Waals surface area contributed by atoms with Crippen LogP contribution in [0.5, 0.6) is 11.5 Å². The number of aromatic amines is 1. The highest BCUT2D eigenvalue weighted by atomic mass is 19.1. The van der Waals surface area contributed by atoms with Gasteiger partial charge < -0.3 is 14.8 Å². The van der Waals surface area contributed by atoms with E-state index in [1.54, 1.807) is 24.3 Å². The number of phenolic OH excluding ortho intramolecular Hbond substituents is 1. The highest BCUT2D eigenvalue weighted by Gasteiger charge is 2.41. The maximum atomic E-state index is 15.5. The second-order valence-corrected chi connectivity index (χ2v) is 7.06. The molecule has 3 nitrogen and oxygen atoms in total.